The second-order valence-electron chi connectivity index (χ2n) is 2.60. The van der Waals surface area contributed by atoms with Crippen LogP contribution in [0.2, 0.25) is 0 Å². The Morgan fingerprint density at radius 3 is 3.18 bits per heavy atom. The minimum Gasteiger partial charge on any atom is -0.397 e. The van der Waals surface area contributed by atoms with Crippen LogP contribution in [0.25, 0.3) is 5.65 Å². The predicted octanol–water partition coefficient (Wildman–Crippen LogP) is 1.22. The highest BCUT2D eigenvalue weighted by atomic mass is 15.0. The lowest BCUT2D eigenvalue weighted by Gasteiger charge is -1.99. The van der Waals surface area contributed by atoms with Gasteiger partial charge in [0.2, 0.25) is 0 Å². The van der Waals surface area contributed by atoms with Crippen LogP contribution in [0, 0.1) is 6.92 Å². The lowest BCUT2D eigenvalue weighted by atomic mass is 10.2. The SMILES string of the molecule is Cc1cc2nccn2cc1N. The highest BCUT2D eigenvalue weighted by Crippen LogP contribution is 2.11. The molecule has 0 radical (unpaired) electrons. The first-order valence-corrected chi connectivity index (χ1v) is 3.46. The van der Waals surface area contributed by atoms with Crippen molar-refractivity contribution in [3.8, 4) is 0 Å². The Labute approximate surface area is 64.5 Å². The van der Waals surface area contributed by atoms with Crippen molar-refractivity contribution in [2.45, 2.75) is 6.92 Å². The summed E-state index contributed by atoms with van der Waals surface area (Å²) in [6, 6.07) is 1.97. The quantitative estimate of drug-likeness (QED) is 0.609. The number of hydrogen-bond donors (Lipinski definition) is 1. The molecule has 0 aromatic carbocycles. The lowest BCUT2D eigenvalue weighted by Crippen LogP contribution is -1.93. The topological polar surface area (TPSA) is 43.3 Å². The van der Waals surface area contributed by atoms with Gasteiger partial charge in [0.25, 0.3) is 0 Å². The molecule has 0 bridgehead atoms. The van der Waals surface area contributed by atoms with E-state index in [2.05, 4.69) is 4.98 Å². The number of anilines is 1. The zero-order chi connectivity index (χ0) is 7.84. The van der Waals surface area contributed by atoms with Crippen molar-refractivity contribution in [3.63, 3.8) is 0 Å². The molecule has 56 valence electrons. The fourth-order valence-electron chi connectivity index (χ4n) is 1.07. The maximum atomic E-state index is 5.70. The second kappa shape index (κ2) is 1.99. The summed E-state index contributed by atoms with van der Waals surface area (Å²) >= 11 is 0. The molecule has 0 saturated heterocycles. The van der Waals surface area contributed by atoms with E-state index in [0.29, 0.717) is 0 Å². The van der Waals surface area contributed by atoms with Crippen LogP contribution < -0.4 is 5.73 Å². The van der Waals surface area contributed by atoms with Crippen molar-refractivity contribution in [3.05, 3.63) is 30.2 Å². The van der Waals surface area contributed by atoms with Gasteiger partial charge in [-0.3, -0.25) is 0 Å². The monoisotopic (exact) mass is 147 g/mol. The number of nitrogens with two attached hydrogens (primary N) is 1. The summed E-state index contributed by atoms with van der Waals surface area (Å²) in [7, 11) is 0. The van der Waals surface area contributed by atoms with E-state index in [1.165, 1.54) is 0 Å². The molecule has 2 heterocycles. The molecule has 3 heteroatoms. The third kappa shape index (κ3) is 0.852. The van der Waals surface area contributed by atoms with E-state index in [-0.39, 0.29) is 0 Å². The molecule has 0 aliphatic heterocycles. The molecule has 0 aliphatic rings. The number of fused-ring (bicyclic) bond motifs is 1. The van der Waals surface area contributed by atoms with Crippen molar-refractivity contribution in [1.82, 2.24) is 9.38 Å². The summed E-state index contributed by atoms with van der Waals surface area (Å²) in [5.74, 6) is 0. The largest absolute Gasteiger partial charge is 0.397 e. The van der Waals surface area contributed by atoms with E-state index in [1.807, 2.05) is 29.8 Å². The van der Waals surface area contributed by atoms with Gasteiger partial charge in [-0.25, -0.2) is 4.98 Å². The normalized spacial score (nSPS) is 10.6. The second-order valence-corrected chi connectivity index (χ2v) is 2.60. The summed E-state index contributed by atoms with van der Waals surface area (Å²) in [5.41, 5.74) is 8.51. The van der Waals surface area contributed by atoms with Crippen molar-refractivity contribution < 1.29 is 0 Å². The molecule has 0 saturated carbocycles. The smallest absolute Gasteiger partial charge is 0.137 e. The van der Waals surface area contributed by atoms with Crippen LogP contribution in [0.4, 0.5) is 5.69 Å². The number of hydrogen-bond acceptors (Lipinski definition) is 2. The van der Waals surface area contributed by atoms with Gasteiger partial charge in [0.15, 0.2) is 0 Å². The molecule has 0 aliphatic carbocycles. The summed E-state index contributed by atoms with van der Waals surface area (Å²) in [6.45, 7) is 1.98. The third-order valence-corrected chi connectivity index (χ3v) is 1.78. The Kier molecular flexibility index (Phi) is 1.12. The Bertz CT molecular complexity index is 353. The van der Waals surface area contributed by atoms with Crippen molar-refractivity contribution in [2.75, 3.05) is 5.73 Å². The molecule has 2 aromatic heterocycles. The summed E-state index contributed by atoms with van der Waals surface area (Å²) in [4.78, 5) is 4.13. The van der Waals surface area contributed by atoms with E-state index in [1.54, 1.807) is 6.20 Å². The average Bonchev–Trinajstić information content (AvgIpc) is 2.36. The first-order valence-electron chi connectivity index (χ1n) is 3.46. The van der Waals surface area contributed by atoms with Gasteiger partial charge in [0, 0.05) is 18.6 Å². The highest BCUT2D eigenvalue weighted by molar-refractivity contribution is 5.53. The zero-order valence-electron chi connectivity index (χ0n) is 6.28. The Hall–Kier alpha value is -1.51. The van der Waals surface area contributed by atoms with Gasteiger partial charge in [-0.1, -0.05) is 0 Å². The Morgan fingerprint density at radius 2 is 2.36 bits per heavy atom. The van der Waals surface area contributed by atoms with Gasteiger partial charge in [-0.05, 0) is 18.6 Å². The van der Waals surface area contributed by atoms with Crippen LogP contribution in [0.1, 0.15) is 5.56 Å². The first kappa shape index (κ1) is 6.22. The molecular formula is C8H9N3. The predicted molar refractivity (Wildman–Crippen MR) is 44.3 cm³/mol. The van der Waals surface area contributed by atoms with Crippen LogP contribution in [0.3, 0.4) is 0 Å². The minimum absolute atomic E-state index is 0.801. The van der Waals surface area contributed by atoms with Crippen LogP contribution >= 0.6 is 0 Å². The number of imidazole rings is 1. The molecule has 2 rings (SSSR count). The van der Waals surface area contributed by atoms with E-state index >= 15 is 0 Å². The van der Waals surface area contributed by atoms with Crippen LogP contribution in [-0.4, -0.2) is 9.38 Å². The van der Waals surface area contributed by atoms with Gasteiger partial charge in [0.1, 0.15) is 5.65 Å². The van der Waals surface area contributed by atoms with Gasteiger partial charge in [-0.15, -0.1) is 0 Å². The molecule has 0 spiro atoms. The Morgan fingerprint density at radius 1 is 1.55 bits per heavy atom. The van der Waals surface area contributed by atoms with Crippen LogP contribution in [0.15, 0.2) is 24.7 Å². The van der Waals surface area contributed by atoms with E-state index in [9.17, 15) is 0 Å². The lowest BCUT2D eigenvalue weighted by molar-refractivity contribution is 1.18. The number of aromatic nitrogens is 2. The molecular weight excluding hydrogens is 138 g/mol. The molecule has 2 N–H and O–H groups in total. The average molecular weight is 147 g/mol. The van der Waals surface area contributed by atoms with Crippen molar-refractivity contribution in [1.29, 1.82) is 0 Å². The fraction of sp³-hybridized carbons (Fsp3) is 0.125. The maximum Gasteiger partial charge on any atom is 0.137 e. The van der Waals surface area contributed by atoms with Gasteiger partial charge in [-0.2, -0.15) is 0 Å². The number of pyridine rings is 1. The number of nitrogen functional groups attached to an aromatic ring is 1. The fourth-order valence-corrected chi connectivity index (χ4v) is 1.07. The molecule has 3 nitrogen and oxygen atoms in total. The standard InChI is InChI=1S/C8H9N3/c1-6-4-8-10-2-3-11(8)5-7(6)9/h2-5H,9H2,1H3. The molecule has 0 atom stereocenters. The summed E-state index contributed by atoms with van der Waals surface area (Å²) < 4.78 is 1.91. The van der Waals surface area contributed by atoms with Gasteiger partial charge in [0.05, 0.1) is 5.69 Å². The van der Waals surface area contributed by atoms with E-state index in [4.69, 9.17) is 5.73 Å². The number of rotatable bonds is 0. The molecule has 2 aromatic rings. The summed E-state index contributed by atoms with van der Waals surface area (Å²) in [6.07, 6.45) is 5.51. The van der Waals surface area contributed by atoms with Gasteiger partial charge >= 0.3 is 0 Å². The summed E-state index contributed by atoms with van der Waals surface area (Å²) in [5, 5.41) is 0. The van der Waals surface area contributed by atoms with Gasteiger partial charge < -0.3 is 10.1 Å². The molecule has 0 unspecified atom stereocenters. The molecule has 11 heavy (non-hydrogen) atoms. The number of aryl methyl sites for hydroxylation is 1. The Balaban J connectivity index is 2.86. The zero-order valence-corrected chi connectivity index (χ0v) is 6.28. The molecule has 0 fully saturated rings. The molecule has 0 amide bonds. The maximum absolute atomic E-state index is 5.70. The van der Waals surface area contributed by atoms with E-state index < -0.39 is 0 Å². The van der Waals surface area contributed by atoms with Crippen LogP contribution in [-0.2, 0) is 0 Å². The third-order valence-electron chi connectivity index (χ3n) is 1.78. The highest BCUT2D eigenvalue weighted by Gasteiger charge is 1.96. The number of nitrogens with zero attached hydrogens (tertiary/aromatic N) is 2. The first-order chi connectivity index (χ1) is 5.27. The van der Waals surface area contributed by atoms with Crippen molar-refractivity contribution >= 4 is 11.3 Å². The van der Waals surface area contributed by atoms with E-state index in [0.717, 1.165) is 16.9 Å². The van der Waals surface area contributed by atoms with Crippen molar-refractivity contribution in [2.24, 2.45) is 0 Å². The minimum atomic E-state index is 0.801. The van der Waals surface area contributed by atoms with Crippen LogP contribution in [0.5, 0.6) is 0 Å².